The van der Waals surface area contributed by atoms with Gasteiger partial charge in [0.15, 0.2) is 0 Å². The Morgan fingerprint density at radius 2 is 2.19 bits per heavy atom. The van der Waals surface area contributed by atoms with E-state index in [1.54, 1.807) is 11.3 Å². The molecule has 0 spiro atoms. The molecule has 3 heterocycles. The van der Waals surface area contributed by atoms with Gasteiger partial charge in [0.2, 0.25) is 5.13 Å². The van der Waals surface area contributed by atoms with Gasteiger partial charge in [0.1, 0.15) is 5.01 Å². The van der Waals surface area contributed by atoms with Gasteiger partial charge >= 0.3 is 0 Å². The Labute approximate surface area is 100 Å². The second kappa shape index (κ2) is 4.30. The number of fused-ring (bicyclic) bond motifs is 1. The van der Waals surface area contributed by atoms with Gasteiger partial charge in [0, 0.05) is 18.6 Å². The normalized spacial score (nSPS) is 30.3. The SMILES string of the molecule is Cc1nnc(NC2CCN3CCCCC23)s1. The molecule has 0 aromatic carbocycles. The van der Waals surface area contributed by atoms with Crippen LogP contribution in [0.5, 0.6) is 0 Å². The molecule has 2 unspecified atom stereocenters. The second-order valence-corrected chi connectivity index (χ2v) is 5.95. The maximum Gasteiger partial charge on any atom is 0.205 e. The van der Waals surface area contributed by atoms with E-state index in [-0.39, 0.29) is 0 Å². The summed E-state index contributed by atoms with van der Waals surface area (Å²) in [6.45, 7) is 4.54. The number of aryl methyl sites for hydroxylation is 1. The van der Waals surface area contributed by atoms with E-state index in [2.05, 4.69) is 20.4 Å². The number of nitrogens with zero attached hydrogens (tertiary/aromatic N) is 3. The highest BCUT2D eigenvalue weighted by Crippen LogP contribution is 2.29. The van der Waals surface area contributed by atoms with Crippen molar-refractivity contribution < 1.29 is 0 Å². The molecule has 2 fully saturated rings. The third-order valence-corrected chi connectivity index (χ3v) is 4.46. The van der Waals surface area contributed by atoms with Crippen LogP contribution in [0, 0.1) is 6.92 Å². The molecule has 2 atom stereocenters. The molecule has 0 amide bonds. The maximum atomic E-state index is 4.16. The van der Waals surface area contributed by atoms with Gasteiger partial charge in [0.25, 0.3) is 0 Å². The van der Waals surface area contributed by atoms with Crippen LogP contribution in [0.3, 0.4) is 0 Å². The zero-order chi connectivity index (χ0) is 11.0. The molecule has 0 aliphatic carbocycles. The standard InChI is InChI=1S/C11H18N4S/c1-8-13-14-11(16-8)12-9-5-7-15-6-3-2-4-10(9)15/h9-10H,2-7H2,1H3,(H,12,14). The minimum absolute atomic E-state index is 0.590. The Balaban J connectivity index is 1.67. The molecule has 0 radical (unpaired) electrons. The number of anilines is 1. The van der Waals surface area contributed by atoms with Crippen molar-refractivity contribution in [3.8, 4) is 0 Å². The van der Waals surface area contributed by atoms with E-state index in [9.17, 15) is 0 Å². The number of rotatable bonds is 2. The van der Waals surface area contributed by atoms with E-state index in [1.165, 1.54) is 38.8 Å². The monoisotopic (exact) mass is 238 g/mol. The highest BCUT2D eigenvalue weighted by Gasteiger charge is 2.35. The minimum atomic E-state index is 0.590. The summed E-state index contributed by atoms with van der Waals surface area (Å²) in [6, 6.07) is 1.32. The van der Waals surface area contributed by atoms with Crippen LogP contribution in [0.25, 0.3) is 0 Å². The zero-order valence-electron chi connectivity index (χ0n) is 9.65. The van der Waals surface area contributed by atoms with Gasteiger partial charge in [-0.05, 0) is 32.7 Å². The first kappa shape index (κ1) is 10.5. The van der Waals surface area contributed by atoms with E-state index in [1.807, 2.05) is 6.92 Å². The predicted octanol–water partition coefficient (Wildman–Crippen LogP) is 1.89. The van der Waals surface area contributed by atoms with Crippen molar-refractivity contribution in [2.75, 3.05) is 18.4 Å². The molecule has 0 saturated carbocycles. The molecule has 16 heavy (non-hydrogen) atoms. The van der Waals surface area contributed by atoms with Crippen LogP contribution in [-0.4, -0.2) is 40.3 Å². The van der Waals surface area contributed by atoms with Crippen molar-refractivity contribution in [1.82, 2.24) is 15.1 Å². The largest absolute Gasteiger partial charge is 0.356 e. The molecule has 0 bridgehead atoms. The van der Waals surface area contributed by atoms with Gasteiger partial charge in [-0.3, -0.25) is 4.90 Å². The molecule has 1 aromatic heterocycles. The first-order chi connectivity index (χ1) is 7.83. The van der Waals surface area contributed by atoms with Gasteiger partial charge in [-0.25, -0.2) is 0 Å². The van der Waals surface area contributed by atoms with Crippen molar-refractivity contribution in [3.63, 3.8) is 0 Å². The first-order valence-electron chi connectivity index (χ1n) is 6.13. The highest BCUT2D eigenvalue weighted by molar-refractivity contribution is 7.15. The van der Waals surface area contributed by atoms with Gasteiger partial charge in [-0.2, -0.15) is 0 Å². The predicted molar refractivity (Wildman–Crippen MR) is 65.9 cm³/mol. The van der Waals surface area contributed by atoms with Crippen LogP contribution < -0.4 is 5.32 Å². The van der Waals surface area contributed by atoms with Crippen LogP contribution in [0.4, 0.5) is 5.13 Å². The summed E-state index contributed by atoms with van der Waals surface area (Å²) in [5.41, 5.74) is 0. The van der Waals surface area contributed by atoms with Crippen LogP contribution in [0.2, 0.25) is 0 Å². The molecule has 2 saturated heterocycles. The van der Waals surface area contributed by atoms with Crippen LogP contribution in [0.1, 0.15) is 30.7 Å². The summed E-state index contributed by atoms with van der Waals surface area (Å²) >= 11 is 1.66. The molecule has 2 aliphatic heterocycles. The average molecular weight is 238 g/mol. The molecule has 1 N–H and O–H groups in total. The lowest BCUT2D eigenvalue weighted by atomic mass is 9.99. The Kier molecular flexibility index (Phi) is 2.81. The first-order valence-corrected chi connectivity index (χ1v) is 6.95. The summed E-state index contributed by atoms with van der Waals surface area (Å²) in [6.07, 6.45) is 5.36. The molecule has 1 aromatic rings. The second-order valence-electron chi connectivity index (χ2n) is 4.76. The number of piperidine rings is 1. The summed E-state index contributed by atoms with van der Waals surface area (Å²) in [7, 11) is 0. The maximum absolute atomic E-state index is 4.16. The molecule has 2 aliphatic rings. The molecule has 5 heteroatoms. The quantitative estimate of drug-likeness (QED) is 0.854. The van der Waals surface area contributed by atoms with Crippen molar-refractivity contribution in [3.05, 3.63) is 5.01 Å². The van der Waals surface area contributed by atoms with E-state index in [0.29, 0.717) is 6.04 Å². The zero-order valence-corrected chi connectivity index (χ0v) is 10.5. The lowest BCUT2D eigenvalue weighted by Gasteiger charge is -2.32. The number of hydrogen-bond acceptors (Lipinski definition) is 5. The van der Waals surface area contributed by atoms with E-state index in [4.69, 9.17) is 0 Å². The topological polar surface area (TPSA) is 41.1 Å². The number of aromatic nitrogens is 2. The van der Waals surface area contributed by atoms with Gasteiger partial charge in [-0.1, -0.05) is 17.8 Å². The highest BCUT2D eigenvalue weighted by atomic mass is 32.1. The Hall–Kier alpha value is -0.680. The van der Waals surface area contributed by atoms with Gasteiger partial charge < -0.3 is 5.32 Å². The summed E-state index contributed by atoms with van der Waals surface area (Å²) in [5, 5.41) is 13.8. The Bertz CT molecular complexity index is 365. The lowest BCUT2D eigenvalue weighted by molar-refractivity contribution is 0.192. The molecular weight excluding hydrogens is 220 g/mol. The minimum Gasteiger partial charge on any atom is -0.356 e. The molecule has 4 nitrogen and oxygen atoms in total. The van der Waals surface area contributed by atoms with E-state index in [0.717, 1.165) is 16.2 Å². The fourth-order valence-electron chi connectivity index (χ4n) is 2.93. The summed E-state index contributed by atoms with van der Waals surface area (Å²) in [4.78, 5) is 2.63. The van der Waals surface area contributed by atoms with Crippen molar-refractivity contribution in [2.24, 2.45) is 0 Å². The molecule has 88 valence electrons. The number of nitrogens with one attached hydrogen (secondary N) is 1. The third kappa shape index (κ3) is 1.94. The Morgan fingerprint density at radius 3 is 3.00 bits per heavy atom. The van der Waals surface area contributed by atoms with Crippen molar-refractivity contribution in [1.29, 1.82) is 0 Å². The van der Waals surface area contributed by atoms with Gasteiger partial charge in [0.05, 0.1) is 0 Å². The average Bonchev–Trinajstić information content (AvgIpc) is 2.87. The van der Waals surface area contributed by atoms with Crippen LogP contribution >= 0.6 is 11.3 Å². The summed E-state index contributed by atoms with van der Waals surface area (Å²) < 4.78 is 0. The van der Waals surface area contributed by atoms with Crippen LogP contribution in [-0.2, 0) is 0 Å². The van der Waals surface area contributed by atoms with Crippen molar-refractivity contribution >= 4 is 16.5 Å². The van der Waals surface area contributed by atoms with Gasteiger partial charge in [-0.15, -0.1) is 10.2 Å². The molecule has 3 rings (SSSR count). The Morgan fingerprint density at radius 1 is 1.25 bits per heavy atom. The molecular formula is C11H18N4S. The van der Waals surface area contributed by atoms with Crippen molar-refractivity contribution in [2.45, 2.75) is 44.7 Å². The lowest BCUT2D eigenvalue weighted by Crippen LogP contribution is -2.41. The fourth-order valence-corrected chi connectivity index (χ4v) is 3.58. The fraction of sp³-hybridized carbons (Fsp3) is 0.818. The van der Waals surface area contributed by atoms with Crippen LogP contribution in [0.15, 0.2) is 0 Å². The van der Waals surface area contributed by atoms with E-state index >= 15 is 0 Å². The third-order valence-electron chi connectivity index (χ3n) is 3.69. The van der Waals surface area contributed by atoms with E-state index < -0.39 is 0 Å². The smallest absolute Gasteiger partial charge is 0.205 e. The summed E-state index contributed by atoms with van der Waals surface area (Å²) in [5.74, 6) is 0. The number of hydrogen-bond donors (Lipinski definition) is 1.